The quantitative estimate of drug-likeness (QED) is 0.527. The molecule has 0 radical (unpaired) electrons. The van der Waals surface area contributed by atoms with Gasteiger partial charge < -0.3 is 14.6 Å². The summed E-state index contributed by atoms with van der Waals surface area (Å²) in [6.45, 7) is 1.18. The van der Waals surface area contributed by atoms with E-state index in [0.717, 1.165) is 0 Å². The second-order valence-corrected chi connectivity index (χ2v) is 3.73. The zero-order valence-corrected chi connectivity index (χ0v) is 9.08. The smallest absolute Gasteiger partial charge is 0.334 e. The van der Waals surface area contributed by atoms with Crippen LogP contribution in [0.4, 0.5) is 0 Å². The van der Waals surface area contributed by atoms with Gasteiger partial charge >= 0.3 is 11.9 Å². The maximum absolute atomic E-state index is 11.2. The molecule has 92 valence electrons. The third-order valence-electron chi connectivity index (χ3n) is 2.57. The summed E-state index contributed by atoms with van der Waals surface area (Å²) < 4.78 is 9.94. The summed E-state index contributed by atoms with van der Waals surface area (Å²) >= 11 is 0. The normalized spacial score (nSPS) is 28.4. The van der Waals surface area contributed by atoms with Gasteiger partial charge in [0.1, 0.15) is 12.4 Å². The molecule has 2 atom stereocenters. The lowest BCUT2D eigenvalue weighted by Gasteiger charge is -2.33. The molecular weight excluding hydrogens is 230 g/mol. The number of carboxylic acid groups (broad SMARTS) is 1. The van der Waals surface area contributed by atoms with E-state index in [2.05, 4.69) is 4.74 Å². The predicted molar refractivity (Wildman–Crippen MR) is 52.5 cm³/mol. The first-order valence-corrected chi connectivity index (χ1v) is 5.04. The van der Waals surface area contributed by atoms with E-state index in [1.807, 2.05) is 0 Å². The molecule has 2 rings (SSSR count). The van der Waals surface area contributed by atoms with E-state index in [1.165, 1.54) is 17.9 Å². The highest BCUT2D eigenvalue weighted by Crippen LogP contribution is 2.36. The van der Waals surface area contributed by atoms with Gasteiger partial charge in [0, 0.05) is 6.92 Å². The number of esters is 1. The Morgan fingerprint density at radius 3 is 2.88 bits per heavy atom. The van der Waals surface area contributed by atoms with Crippen LogP contribution in [-0.2, 0) is 23.9 Å². The maximum Gasteiger partial charge on any atom is 0.334 e. The Morgan fingerprint density at radius 1 is 1.65 bits per heavy atom. The first-order valence-electron chi connectivity index (χ1n) is 5.04. The molecule has 17 heavy (non-hydrogen) atoms. The molecule has 0 aliphatic carbocycles. The van der Waals surface area contributed by atoms with Crippen LogP contribution in [0.15, 0.2) is 11.8 Å². The van der Waals surface area contributed by atoms with Gasteiger partial charge in [-0.05, 0) is 6.08 Å². The second-order valence-electron chi connectivity index (χ2n) is 3.73. The zero-order valence-electron chi connectivity index (χ0n) is 9.08. The lowest BCUT2D eigenvalue weighted by atomic mass is 10.1. The number of aliphatic carboxylic acids is 1. The number of ether oxygens (including phenoxy) is 2. The van der Waals surface area contributed by atoms with Crippen LogP contribution in [0.1, 0.15) is 13.3 Å². The van der Waals surface area contributed by atoms with Crippen LogP contribution in [0.5, 0.6) is 0 Å². The van der Waals surface area contributed by atoms with Gasteiger partial charge in [-0.15, -0.1) is 0 Å². The number of hydrogen-bond acceptors (Lipinski definition) is 5. The molecule has 0 bridgehead atoms. The van der Waals surface area contributed by atoms with Crippen LogP contribution >= 0.6 is 0 Å². The first kappa shape index (κ1) is 11.4. The van der Waals surface area contributed by atoms with Gasteiger partial charge in [0.15, 0.2) is 12.3 Å². The Labute approximate surface area is 96.6 Å². The van der Waals surface area contributed by atoms with Gasteiger partial charge in [-0.2, -0.15) is 0 Å². The highest BCUT2D eigenvalue weighted by Gasteiger charge is 2.53. The van der Waals surface area contributed by atoms with Crippen LogP contribution in [0.3, 0.4) is 0 Å². The van der Waals surface area contributed by atoms with E-state index < -0.39 is 24.2 Å². The topological polar surface area (TPSA) is 93.1 Å². The molecule has 7 nitrogen and oxygen atoms in total. The zero-order chi connectivity index (χ0) is 12.6. The monoisotopic (exact) mass is 241 g/mol. The summed E-state index contributed by atoms with van der Waals surface area (Å²) in [5.74, 6) is -1.73. The molecular formula is C10H11NO6. The Balaban J connectivity index is 2.09. The van der Waals surface area contributed by atoms with Crippen molar-refractivity contribution >= 4 is 17.8 Å². The minimum absolute atomic E-state index is 0.0663. The van der Waals surface area contributed by atoms with Gasteiger partial charge in [0.05, 0.1) is 6.42 Å². The van der Waals surface area contributed by atoms with Crippen molar-refractivity contribution in [1.82, 2.24) is 4.90 Å². The van der Waals surface area contributed by atoms with Crippen molar-refractivity contribution in [2.45, 2.75) is 25.6 Å². The fourth-order valence-corrected chi connectivity index (χ4v) is 1.81. The van der Waals surface area contributed by atoms with Crippen LogP contribution in [-0.4, -0.2) is 46.7 Å². The number of rotatable bonds is 3. The molecule has 0 aromatic carbocycles. The molecule has 0 aromatic heterocycles. The molecule has 0 spiro atoms. The van der Waals surface area contributed by atoms with Crippen LogP contribution in [0.2, 0.25) is 0 Å². The largest absolute Gasteiger partial charge is 0.479 e. The number of amides is 1. The standard InChI is InChI=1S/C10H11NO6/c1-5(12)16-3-2-6-9(10(14)15)11-7(13)4-8(11)17-6/h2,8-9H,3-4H2,1H3,(H,14,15). The van der Waals surface area contributed by atoms with Crippen molar-refractivity contribution in [3.05, 3.63) is 11.8 Å². The molecule has 2 aliphatic heterocycles. The first-order chi connectivity index (χ1) is 8.00. The lowest BCUT2D eigenvalue weighted by Crippen LogP contribution is -2.54. The van der Waals surface area contributed by atoms with Crippen molar-refractivity contribution in [2.75, 3.05) is 6.61 Å². The number of fused-ring (bicyclic) bond motifs is 1. The summed E-state index contributed by atoms with van der Waals surface area (Å²) in [6, 6.07) is -1.10. The number of nitrogens with zero attached hydrogens (tertiary/aromatic N) is 1. The molecule has 0 aromatic rings. The minimum atomic E-state index is -1.16. The molecule has 2 unspecified atom stereocenters. The Morgan fingerprint density at radius 2 is 2.35 bits per heavy atom. The summed E-state index contributed by atoms with van der Waals surface area (Å²) in [5.41, 5.74) is 0. The second kappa shape index (κ2) is 4.08. The number of carbonyl (C=O) groups excluding carboxylic acids is 2. The predicted octanol–water partition coefficient (Wildman–Crippen LogP) is -0.525. The summed E-state index contributed by atoms with van der Waals surface area (Å²) in [5, 5.41) is 9.01. The Kier molecular flexibility index (Phi) is 2.74. The van der Waals surface area contributed by atoms with Gasteiger partial charge in [-0.1, -0.05) is 0 Å². The average Bonchev–Trinajstić information content (AvgIpc) is 2.50. The fraction of sp³-hybridized carbons (Fsp3) is 0.500. The summed E-state index contributed by atoms with van der Waals surface area (Å²) in [4.78, 5) is 34.0. The van der Waals surface area contributed by atoms with E-state index in [1.54, 1.807) is 0 Å². The van der Waals surface area contributed by atoms with E-state index in [-0.39, 0.29) is 24.7 Å². The van der Waals surface area contributed by atoms with Crippen LogP contribution in [0.25, 0.3) is 0 Å². The maximum atomic E-state index is 11.2. The highest BCUT2D eigenvalue weighted by atomic mass is 16.5. The van der Waals surface area contributed by atoms with Crippen LogP contribution < -0.4 is 0 Å². The van der Waals surface area contributed by atoms with Crippen molar-refractivity contribution in [1.29, 1.82) is 0 Å². The average molecular weight is 241 g/mol. The molecule has 0 saturated carbocycles. The van der Waals surface area contributed by atoms with Gasteiger partial charge in [-0.3, -0.25) is 14.5 Å². The third kappa shape index (κ3) is 1.95. The van der Waals surface area contributed by atoms with Gasteiger partial charge in [0.25, 0.3) is 0 Å². The van der Waals surface area contributed by atoms with Gasteiger partial charge in [-0.25, -0.2) is 4.79 Å². The lowest BCUT2D eigenvalue weighted by molar-refractivity contribution is -0.163. The molecule has 2 saturated heterocycles. The molecule has 1 N–H and O–H groups in total. The molecule has 2 fully saturated rings. The molecule has 1 amide bonds. The van der Waals surface area contributed by atoms with E-state index in [0.29, 0.717) is 0 Å². The van der Waals surface area contributed by atoms with Crippen molar-refractivity contribution in [3.63, 3.8) is 0 Å². The number of β-lactam (4-membered cyclic amide) rings is 1. The minimum Gasteiger partial charge on any atom is -0.479 e. The summed E-state index contributed by atoms with van der Waals surface area (Å²) in [7, 11) is 0. The molecule has 2 heterocycles. The number of carbonyl (C=O) groups is 3. The van der Waals surface area contributed by atoms with Crippen molar-refractivity contribution in [3.8, 4) is 0 Å². The van der Waals surface area contributed by atoms with E-state index in [9.17, 15) is 14.4 Å². The van der Waals surface area contributed by atoms with Crippen molar-refractivity contribution in [2.24, 2.45) is 0 Å². The molecule has 2 aliphatic rings. The van der Waals surface area contributed by atoms with Gasteiger partial charge in [0.2, 0.25) is 5.91 Å². The summed E-state index contributed by atoms with van der Waals surface area (Å²) in [6.07, 6.45) is 1.06. The molecule has 7 heteroatoms. The fourth-order valence-electron chi connectivity index (χ4n) is 1.81. The SMILES string of the molecule is CC(=O)OCC=C1OC2CC(=O)N2C1C(=O)O. The Bertz CT molecular complexity index is 415. The Hall–Kier alpha value is -2.05. The number of hydrogen-bond donors (Lipinski definition) is 1. The third-order valence-corrected chi connectivity index (χ3v) is 2.57. The van der Waals surface area contributed by atoms with E-state index >= 15 is 0 Å². The van der Waals surface area contributed by atoms with Crippen LogP contribution in [0, 0.1) is 0 Å². The number of carboxylic acids is 1. The van der Waals surface area contributed by atoms with Crippen molar-refractivity contribution < 1.29 is 29.0 Å². The van der Waals surface area contributed by atoms with E-state index in [4.69, 9.17) is 9.84 Å². The highest BCUT2D eigenvalue weighted by molar-refractivity contribution is 5.91.